The Balaban J connectivity index is 1.03. The van der Waals surface area contributed by atoms with E-state index in [9.17, 15) is 53.7 Å². The van der Waals surface area contributed by atoms with E-state index in [1.807, 2.05) is 72.8 Å². The van der Waals surface area contributed by atoms with Crippen LogP contribution in [0.2, 0.25) is 0 Å². The molecule has 80 heavy (non-hydrogen) atoms. The third kappa shape index (κ3) is 10.7. The summed E-state index contributed by atoms with van der Waals surface area (Å²) in [5.41, 5.74) is 5.03. The van der Waals surface area contributed by atoms with E-state index < -0.39 is 114 Å². The number of carboxylic acids is 3. The molecule has 18 nitrogen and oxygen atoms in total. The Morgan fingerprint density at radius 2 is 1.00 bits per heavy atom. The van der Waals surface area contributed by atoms with Gasteiger partial charge in [-0.3, -0.25) is 9.59 Å². The number of fused-ring (bicyclic) bond motifs is 10. The first-order valence-corrected chi connectivity index (χ1v) is 25.0. The maximum atomic E-state index is 14.1. The molecule has 3 N–H and O–H groups in total. The van der Waals surface area contributed by atoms with Gasteiger partial charge in [0.25, 0.3) is 0 Å². The number of hydrogen-bond acceptors (Lipinski definition) is 15. The quantitative estimate of drug-likeness (QED) is 0.0262. The molecule has 3 aliphatic rings. The minimum absolute atomic E-state index is 0.151. The van der Waals surface area contributed by atoms with Crippen molar-refractivity contribution in [1.82, 2.24) is 0 Å². The molecule has 406 valence electrons. The third-order valence-electron chi connectivity index (χ3n) is 14.1. The molecule has 0 bridgehead atoms. The zero-order chi connectivity index (χ0) is 56.8. The molecular formula is C62H50O18. The summed E-state index contributed by atoms with van der Waals surface area (Å²) in [6.45, 7) is 5.22. The summed E-state index contributed by atoms with van der Waals surface area (Å²) < 4.78 is 39.8. The van der Waals surface area contributed by atoms with Crippen molar-refractivity contribution >= 4 is 47.8 Å². The monoisotopic (exact) mass is 1080 g/mol. The molecule has 6 aromatic carbocycles. The molecule has 1 spiro atoms. The second kappa shape index (κ2) is 23.2. The second-order valence-electron chi connectivity index (χ2n) is 18.7. The number of carbonyl (C=O) groups is 8. The lowest BCUT2D eigenvalue weighted by molar-refractivity contribution is -0.167. The molecule has 0 heterocycles. The minimum Gasteiger partial charge on any atom is -0.490 e. The zero-order valence-corrected chi connectivity index (χ0v) is 42.8. The van der Waals surface area contributed by atoms with Crippen molar-refractivity contribution in [2.24, 2.45) is 11.8 Å². The van der Waals surface area contributed by atoms with E-state index in [0.717, 1.165) is 69.8 Å². The first kappa shape index (κ1) is 54.7. The molecule has 0 aromatic heterocycles. The fourth-order valence-corrected chi connectivity index (χ4v) is 10.4. The standard InChI is InChI=1S/C62H50O18/c1-4-54(63)77-32-38(79-60(72)46-15-7-6-14-44(46)56(65)66)30-75-36-20-24-42-40-12-8-10-16-50(40)62(52(42)28-36)51-17-11-9-13-41(51)43-25-21-37(29-53(43)62)76-31-39(33-78-55(64)5-2)80-61(73)49-27-35(18-22-45(49)57(67)68)34-19-23-47(59(71)74-3)48(26-34)58(69)70/h4-13,16-29,38-39,44,46H,1-2,14-15,30-33H2,3H3,(H,65,66)(H,67,68)(H,69,70). The van der Waals surface area contributed by atoms with Crippen LogP contribution in [0.1, 0.15) is 76.5 Å². The van der Waals surface area contributed by atoms with Crippen LogP contribution < -0.4 is 9.47 Å². The number of ether oxygens (including phenoxy) is 7. The van der Waals surface area contributed by atoms with E-state index >= 15 is 0 Å². The SMILES string of the molecule is C=CC(=O)OCC(COc1ccc2c(c1)C1(c3ccccc3-2)c2ccccc2-c2ccc(OCC(COC(=O)C=C)OC(=O)C3CC=CCC3C(=O)O)cc21)OC(=O)c1cc(-c2ccc(C(=O)OC)c(C(=O)O)c2)ccc1C(=O)O. The third-order valence-corrected chi connectivity index (χ3v) is 14.1. The van der Waals surface area contributed by atoms with Crippen LogP contribution in [0, 0.1) is 11.8 Å². The molecule has 3 aliphatic carbocycles. The number of aliphatic carboxylic acids is 1. The second-order valence-corrected chi connectivity index (χ2v) is 18.7. The molecule has 9 rings (SSSR count). The van der Waals surface area contributed by atoms with Gasteiger partial charge < -0.3 is 48.5 Å². The van der Waals surface area contributed by atoms with E-state index in [1.165, 1.54) is 30.3 Å². The highest BCUT2D eigenvalue weighted by Gasteiger charge is 2.52. The molecule has 18 heteroatoms. The average molecular weight is 1080 g/mol. The fourth-order valence-electron chi connectivity index (χ4n) is 10.4. The van der Waals surface area contributed by atoms with E-state index in [0.29, 0.717) is 11.5 Å². The van der Waals surface area contributed by atoms with Crippen LogP contribution >= 0.6 is 0 Å². The number of methoxy groups -OCH3 is 1. The maximum Gasteiger partial charge on any atom is 0.339 e. The van der Waals surface area contributed by atoms with Gasteiger partial charge in [-0.2, -0.15) is 0 Å². The summed E-state index contributed by atoms with van der Waals surface area (Å²) in [6, 6.07) is 34.4. The summed E-state index contributed by atoms with van der Waals surface area (Å²) in [4.78, 5) is 101. The molecule has 0 amide bonds. The van der Waals surface area contributed by atoms with Crippen LogP contribution in [0.4, 0.5) is 0 Å². The van der Waals surface area contributed by atoms with Crippen LogP contribution in [0.25, 0.3) is 33.4 Å². The normalized spacial score (nSPS) is 16.7. The van der Waals surface area contributed by atoms with Crippen LogP contribution in [0.5, 0.6) is 11.5 Å². The number of rotatable bonds is 21. The highest BCUT2D eigenvalue weighted by Crippen LogP contribution is 2.63. The summed E-state index contributed by atoms with van der Waals surface area (Å²) in [5, 5.41) is 29.9. The smallest absolute Gasteiger partial charge is 0.339 e. The van der Waals surface area contributed by atoms with Crippen molar-refractivity contribution in [2.45, 2.75) is 30.5 Å². The highest BCUT2D eigenvalue weighted by molar-refractivity contribution is 6.05. The number of aromatic carboxylic acids is 2. The molecule has 0 saturated heterocycles. The van der Waals surface area contributed by atoms with E-state index in [-0.39, 0.29) is 36.1 Å². The Kier molecular flexibility index (Phi) is 15.9. The molecule has 0 radical (unpaired) electrons. The summed E-state index contributed by atoms with van der Waals surface area (Å²) in [5.74, 6) is -9.77. The zero-order valence-electron chi connectivity index (χ0n) is 42.8. The van der Waals surface area contributed by atoms with Gasteiger partial charge in [0.05, 0.1) is 46.6 Å². The lowest BCUT2D eigenvalue weighted by Gasteiger charge is -2.31. The Morgan fingerprint density at radius 3 is 1.50 bits per heavy atom. The predicted molar refractivity (Wildman–Crippen MR) is 285 cm³/mol. The Bertz CT molecular complexity index is 3560. The first-order valence-electron chi connectivity index (χ1n) is 25.0. The van der Waals surface area contributed by atoms with Gasteiger partial charge >= 0.3 is 47.8 Å². The van der Waals surface area contributed by atoms with Crippen molar-refractivity contribution in [1.29, 1.82) is 0 Å². The fraction of sp³-hybridized carbons (Fsp3) is 0.194. The minimum atomic E-state index is -1.48. The molecule has 5 unspecified atom stereocenters. The van der Waals surface area contributed by atoms with Crippen molar-refractivity contribution in [3.8, 4) is 44.9 Å². The maximum absolute atomic E-state index is 14.1. The van der Waals surface area contributed by atoms with Crippen LogP contribution in [-0.4, -0.2) is 109 Å². The summed E-state index contributed by atoms with van der Waals surface area (Å²) in [7, 11) is 1.10. The van der Waals surface area contributed by atoms with Crippen LogP contribution in [0.15, 0.2) is 159 Å². The number of esters is 5. The molecule has 0 saturated carbocycles. The van der Waals surface area contributed by atoms with Crippen LogP contribution in [-0.2, 0) is 48.3 Å². The molecule has 0 aliphatic heterocycles. The van der Waals surface area contributed by atoms with Crippen molar-refractivity contribution in [2.75, 3.05) is 33.5 Å². The largest absolute Gasteiger partial charge is 0.490 e. The number of carboxylic acid groups (broad SMARTS) is 3. The van der Waals surface area contributed by atoms with E-state index in [1.54, 1.807) is 24.3 Å². The molecule has 5 atom stereocenters. The number of allylic oxidation sites excluding steroid dienone is 2. The molecule has 6 aromatic rings. The topological polar surface area (TPSA) is 262 Å². The van der Waals surface area contributed by atoms with Crippen molar-refractivity contribution < 1.29 is 86.8 Å². The molecular weight excluding hydrogens is 1030 g/mol. The highest BCUT2D eigenvalue weighted by atomic mass is 16.6. The number of hydrogen-bond donors (Lipinski definition) is 3. The van der Waals surface area contributed by atoms with Gasteiger partial charge in [-0.05, 0) is 117 Å². The van der Waals surface area contributed by atoms with Gasteiger partial charge in [-0.15, -0.1) is 0 Å². The Morgan fingerprint density at radius 1 is 0.525 bits per heavy atom. The van der Waals surface area contributed by atoms with E-state index in [4.69, 9.17) is 33.2 Å². The van der Waals surface area contributed by atoms with Gasteiger partial charge in [-0.25, -0.2) is 28.8 Å². The lowest BCUT2D eigenvalue weighted by atomic mass is 9.70. The number of benzene rings is 6. The Hall–Kier alpha value is -10.1. The van der Waals surface area contributed by atoms with Gasteiger partial charge in [0, 0.05) is 12.2 Å². The lowest BCUT2D eigenvalue weighted by Crippen LogP contribution is -2.37. The predicted octanol–water partition coefficient (Wildman–Crippen LogP) is 8.90. The Labute approximate surface area is 457 Å². The average Bonchev–Trinajstić information content (AvgIpc) is 3.55. The van der Waals surface area contributed by atoms with Crippen molar-refractivity contribution in [3.63, 3.8) is 0 Å². The first-order chi connectivity index (χ1) is 38.6. The number of carbonyl (C=O) groups excluding carboxylic acids is 5. The van der Waals surface area contributed by atoms with E-state index in [2.05, 4.69) is 13.2 Å². The molecule has 0 fully saturated rings. The summed E-state index contributed by atoms with van der Waals surface area (Å²) >= 11 is 0. The van der Waals surface area contributed by atoms with Gasteiger partial charge in [0.2, 0.25) is 0 Å². The van der Waals surface area contributed by atoms with Crippen LogP contribution in [0.3, 0.4) is 0 Å². The van der Waals surface area contributed by atoms with Gasteiger partial charge in [-0.1, -0.05) is 98.1 Å². The van der Waals surface area contributed by atoms with Gasteiger partial charge in [0.15, 0.2) is 12.2 Å². The van der Waals surface area contributed by atoms with Crippen molar-refractivity contribution in [3.05, 3.63) is 203 Å². The van der Waals surface area contributed by atoms with Gasteiger partial charge in [0.1, 0.15) is 37.9 Å². The summed E-state index contributed by atoms with van der Waals surface area (Å²) in [6.07, 6.45) is 3.13.